The molecule has 1 aliphatic heterocycles. The third-order valence-corrected chi connectivity index (χ3v) is 3.49. The molecule has 0 aliphatic carbocycles. The van der Waals surface area contributed by atoms with Crippen LogP contribution in [-0.4, -0.2) is 29.6 Å². The van der Waals surface area contributed by atoms with E-state index in [1.165, 1.54) is 5.56 Å². The van der Waals surface area contributed by atoms with E-state index in [-0.39, 0.29) is 0 Å². The first-order valence-corrected chi connectivity index (χ1v) is 6.72. The zero-order valence-electron chi connectivity index (χ0n) is 10.5. The Morgan fingerprint density at radius 1 is 1.21 bits per heavy atom. The zero-order chi connectivity index (χ0) is 13.1. The second-order valence-corrected chi connectivity index (χ2v) is 4.89. The predicted octanol–water partition coefficient (Wildman–Crippen LogP) is 2.28. The summed E-state index contributed by atoms with van der Waals surface area (Å²) in [6, 6.07) is 12.7. The lowest BCUT2D eigenvalue weighted by Crippen LogP contribution is -2.46. The van der Waals surface area contributed by atoms with Crippen LogP contribution < -0.4 is 10.2 Å². The zero-order valence-corrected chi connectivity index (χ0v) is 11.2. The standard InChI is InChI=1S/C14H15ClN4/c15-14-17-7-6-13(18-14)19-9-8-16-12(10-19)11-4-2-1-3-5-11/h1-7,12,16H,8-10H2. The second-order valence-electron chi connectivity index (χ2n) is 4.55. The van der Waals surface area contributed by atoms with Gasteiger partial charge in [-0.25, -0.2) is 9.97 Å². The van der Waals surface area contributed by atoms with E-state index in [2.05, 4.69) is 44.5 Å². The van der Waals surface area contributed by atoms with Crippen molar-refractivity contribution in [3.05, 3.63) is 53.4 Å². The summed E-state index contributed by atoms with van der Waals surface area (Å²) in [6.45, 7) is 2.75. The van der Waals surface area contributed by atoms with E-state index >= 15 is 0 Å². The number of halogens is 1. The van der Waals surface area contributed by atoms with Crippen LogP contribution in [0.5, 0.6) is 0 Å². The SMILES string of the molecule is Clc1nccc(N2CCNC(c3ccccc3)C2)n1. The Morgan fingerprint density at radius 3 is 2.84 bits per heavy atom. The summed E-state index contributed by atoms with van der Waals surface area (Å²) in [7, 11) is 0. The quantitative estimate of drug-likeness (QED) is 0.853. The number of piperazine rings is 1. The predicted molar refractivity (Wildman–Crippen MR) is 76.4 cm³/mol. The fourth-order valence-corrected chi connectivity index (χ4v) is 2.51. The Bertz CT molecular complexity index is 546. The Kier molecular flexibility index (Phi) is 3.62. The number of nitrogens with one attached hydrogen (secondary N) is 1. The van der Waals surface area contributed by atoms with Crippen molar-refractivity contribution in [2.45, 2.75) is 6.04 Å². The van der Waals surface area contributed by atoms with Gasteiger partial charge in [0.2, 0.25) is 5.28 Å². The number of rotatable bonds is 2. The van der Waals surface area contributed by atoms with Crippen LogP contribution in [0, 0.1) is 0 Å². The van der Waals surface area contributed by atoms with Crippen molar-refractivity contribution in [1.82, 2.24) is 15.3 Å². The van der Waals surface area contributed by atoms with Crippen LogP contribution in [0.3, 0.4) is 0 Å². The van der Waals surface area contributed by atoms with Crippen molar-refractivity contribution in [3.63, 3.8) is 0 Å². The first kappa shape index (κ1) is 12.4. The fraction of sp³-hybridized carbons (Fsp3) is 0.286. The van der Waals surface area contributed by atoms with Gasteiger partial charge in [-0.05, 0) is 23.2 Å². The summed E-state index contributed by atoms with van der Waals surface area (Å²) >= 11 is 5.85. The van der Waals surface area contributed by atoms with Crippen LogP contribution in [0.2, 0.25) is 5.28 Å². The molecule has 98 valence electrons. The number of aromatic nitrogens is 2. The highest BCUT2D eigenvalue weighted by Crippen LogP contribution is 2.21. The number of anilines is 1. The van der Waals surface area contributed by atoms with Crippen molar-refractivity contribution in [3.8, 4) is 0 Å². The van der Waals surface area contributed by atoms with Gasteiger partial charge in [-0.3, -0.25) is 0 Å². The van der Waals surface area contributed by atoms with Crippen LogP contribution in [0.25, 0.3) is 0 Å². The summed E-state index contributed by atoms with van der Waals surface area (Å²) in [5.41, 5.74) is 1.30. The monoisotopic (exact) mass is 274 g/mol. The van der Waals surface area contributed by atoms with E-state index in [4.69, 9.17) is 11.6 Å². The Morgan fingerprint density at radius 2 is 2.05 bits per heavy atom. The molecule has 1 fully saturated rings. The van der Waals surface area contributed by atoms with Crippen molar-refractivity contribution >= 4 is 17.4 Å². The minimum absolute atomic E-state index is 0.298. The molecule has 0 spiro atoms. The third kappa shape index (κ3) is 2.85. The van der Waals surface area contributed by atoms with Crippen molar-refractivity contribution in [2.75, 3.05) is 24.5 Å². The molecule has 2 heterocycles. The summed E-state index contributed by atoms with van der Waals surface area (Å²) in [5, 5.41) is 3.83. The second kappa shape index (κ2) is 5.55. The number of benzene rings is 1. The van der Waals surface area contributed by atoms with Crippen LogP contribution >= 0.6 is 11.6 Å². The largest absolute Gasteiger partial charge is 0.353 e. The Hall–Kier alpha value is -1.65. The fourth-order valence-electron chi connectivity index (χ4n) is 2.37. The molecule has 0 amide bonds. The highest BCUT2D eigenvalue weighted by molar-refractivity contribution is 6.28. The highest BCUT2D eigenvalue weighted by Gasteiger charge is 2.21. The molecule has 1 saturated heterocycles. The van der Waals surface area contributed by atoms with Gasteiger partial charge < -0.3 is 10.2 Å². The molecule has 0 saturated carbocycles. The van der Waals surface area contributed by atoms with E-state index in [9.17, 15) is 0 Å². The molecule has 1 atom stereocenters. The number of nitrogens with zero attached hydrogens (tertiary/aromatic N) is 3. The lowest BCUT2D eigenvalue weighted by molar-refractivity contribution is 0.469. The van der Waals surface area contributed by atoms with Gasteiger partial charge in [0, 0.05) is 31.9 Å². The highest BCUT2D eigenvalue weighted by atomic mass is 35.5. The molecule has 1 aromatic heterocycles. The minimum Gasteiger partial charge on any atom is -0.353 e. The van der Waals surface area contributed by atoms with E-state index in [0.29, 0.717) is 11.3 Å². The van der Waals surface area contributed by atoms with Gasteiger partial charge in [0.25, 0.3) is 0 Å². The first-order valence-electron chi connectivity index (χ1n) is 6.35. The van der Waals surface area contributed by atoms with Gasteiger partial charge in [-0.15, -0.1) is 0 Å². The molecule has 3 rings (SSSR count). The molecule has 1 unspecified atom stereocenters. The van der Waals surface area contributed by atoms with E-state index in [1.54, 1.807) is 6.20 Å². The van der Waals surface area contributed by atoms with Gasteiger partial charge in [-0.1, -0.05) is 30.3 Å². The number of hydrogen-bond acceptors (Lipinski definition) is 4. The van der Waals surface area contributed by atoms with Crippen LogP contribution in [0.15, 0.2) is 42.6 Å². The van der Waals surface area contributed by atoms with Gasteiger partial charge in [-0.2, -0.15) is 0 Å². The van der Waals surface area contributed by atoms with E-state index in [0.717, 1.165) is 25.5 Å². The lowest BCUT2D eigenvalue weighted by Gasteiger charge is -2.34. The molecule has 5 heteroatoms. The van der Waals surface area contributed by atoms with Crippen molar-refractivity contribution < 1.29 is 0 Å². The summed E-state index contributed by atoms with van der Waals surface area (Å²) in [4.78, 5) is 10.4. The van der Waals surface area contributed by atoms with Gasteiger partial charge >= 0.3 is 0 Å². The smallest absolute Gasteiger partial charge is 0.224 e. The minimum atomic E-state index is 0.298. The molecular formula is C14H15ClN4. The maximum absolute atomic E-state index is 5.85. The third-order valence-electron chi connectivity index (χ3n) is 3.31. The Balaban J connectivity index is 1.78. The molecule has 0 radical (unpaired) electrons. The van der Waals surface area contributed by atoms with Crippen molar-refractivity contribution in [2.24, 2.45) is 0 Å². The molecule has 1 aromatic carbocycles. The van der Waals surface area contributed by atoms with Gasteiger partial charge in [0.15, 0.2) is 0 Å². The number of hydrogen-bond donors (Lipinski definition) is 1. The maximum atomic E-state index is 5.85. The normalized spacial score (nSPS) is 19.4. The average molecular weight is 275 g/mol. The van der Waals surface area contributed by atoms with Gasteiger partial charge in [0.1, 0.15) is 5.82 Å². The topological polar surface area (TPSA) is 41.1 Å². The van der Waals surface area contributed by atoms with E-state index < -0.39 is 0 Å². The molecule has 2 aromatic rings. The summed E-state index contributed by atoms with van der Waals surface area (Å²) in [5.74, 6) is 0.891. The molecule has 1 aliphatic rings. The molecule has 4 nitrogen and oxygen atoms in total. The first-order chi connectivity index (χ1) is 9.33. The molecule has 1 N–H and O–H groups in total. The molecular weight excluding hydrogens is 260 g/mol. The summed E-state index contributed by atoms with van der Waals surface area (Å²) in [6.07, 6.45) is 1.70. The Labute approximate surface area is 117 Å². The molecule has 0 bridgehead atoms. The maximum Gasteiger partial charge on any atom is 0.224 e. The van der Waals surface area contributed by atoms with Gasteiger partial charge in [0.05, 0.1) is 0 Å². The van der Waals surface area contributed by atoms with Crippen LogP contribution in [-0.2, 0) is 0 Å². The lowest BCUT2D eigenvalue weighted by atomic mass is 10.0. The van der Waals surface area contributed by atoms with Crippen LogP contribution in [0.1, 0.15) is 11.6 Å². The van der Waals surface area contributed by atoms with Crippen molar-refractivity contribution in [1.29, 1.82) is 0 Å². The van der Waals surface area contributed by atoms with Crippen LogP contribution in [0.4, 0.5) is 5.82 Å². The average Bonchev–Trinajstić information content (AvgIpc) is 2.48. The summed E-state index contributed by atoms with van der Waals surface area (Å²) < 4.78 is 0. The van der Waals surface area contributed by atoms with E-state index in [1.807, 2.05) is 12.1 Å². The molecule has 19 heavy (non-hydrogen) atoms.